The van der Waals surface area contributed by atoms with Crippen LogP contribution in [0.3, 0.4) is 0 Å². The molecule has 4 heterocycles. The quantitative estimate of drug-likeness (QED) is 0.0943. The number of fused-ring (bicyclic) bond motifs is 7. The molecule has 0 bridgehead atoms. The Morgan fingerprint density at radius 2 is 1.25 bits per heavy atom. The number of para-hydroxylation sites is 1. The molecule has 6 aromatic carbocycles. The molecule has 5 nitrogen and oxygen atoms in total. The smallest absolute Gasteiger partial charge is 0.225 e. The Bertz CT molecular complexity index is 2960. The van der Waals surface area contributed by atoms with E-state index in [1.165, 1.54) is 44.9 Å². The summed E-state index contributed by atoms with van der Waals surface area (Å²) in [5.74, 6) is 2.14. The summed E-state index contributed by atoms with van der Waals surface area (Å²) >= 11 is 0. The number of benzene rings is 6. The van der Waals surface area contributed by atoms with Gasteiger partial charge in [-0.3, -0.25) is 0 Å². The molecule has 8 aromatic rings. The molecule has 1 fully saturated rings. The summed E-state index contributed by atoms with van der Waals surface area (Å²) in [5, 5.41) is 2.26. The molecule has 1 unspecified atom stereocenters. The van der Waals surface area contributed by atoms with Crippen LogP contribution in [0.5, 0.6) is 11.5 Å². The molecule has 0 amide bonds. The summed E-state index contributed by atoms with van der Waals surface area (Å²) in [6, 6.07) is 55.7. The first kappa shape index (κ1) is 40.1. The van der Waals surface area contributed by atoms with Crippen LogP contribution >= 0.6 is 0 Å². The van der Waals surface area contributed by atoms with Crippen molar-refractivity contribution in [3.05, 3.63) is 175 Å². The summed E-state index contributed by atoms with van der Waals surface area (Å²) in [5.41, 5.74) is 13.1. The molecule has 2 atom stereocenters. The molecule has 0 aliphatic carbocycles. The zero-order valence-corrected chi connectivity index (χ0v) is 38.1. The van der Waals surface area contributed by atoms with Gasteiger partial charge < -0.3 is 9.30 Å². The summed E-state index contributed by atoms with van der Waals surface area (Å²) in [6.45, 7) is 22.9. The van der Waals surface area contributed by atoms with Gasteiger partial charge in [-0.2, -0.15) is 16.7 Å². The predicted octanol–water partition coefficient (Wildman–Crippen LogP) is 14.5. The Kier molecular flexibility index (Phi) is 9.26. The van der Waals surface area contributed by atoms with Crippen LogP contribution in [-0.4, -0.2) is 9.55 Å². The van der Waals surface area contributed by atoms with Crippen molar-refractivity contribution in [3.63, 3.8) is 0 Å². The van der Waals surface area contributed by atoms with E-state index >= 15 is 0 Å². The molecule has 2 aromatic heterocycles. The molecule has 2 aliphatic heterocycles. The van der Waals surface area contributed by atoms with Gasteiger partial charge in [0.2, 0.25) is 11.4 Å². The van der Waals surface area contributed by atoms with Crippen molar-refractivity contribution in [2.24, 2.45) is 0 Å². The third kappa shape index (κ3) is 6.20. The molecule has 1 saturated heterocycles. The molecule has 60 heavy (non-hydrogen) atoms. The Balaban J connectivity index is 0.00000462. The van der Waals surface area contributed by atoms with Crippen molar-refractivity contribution in [2.45, 2.75) is 78.6 Å². The van der Waals surface area contributed by atoms with Gasteiger partial charge >= 0.3 is 0 Å². The zero-order valence-electron chi connectivity index (χ0n) is 35.9. The standard InChI is InChI=1S/C54H51N4O.Pt/c1-52(2,3)38-22-25-49-50(31-38)58(42-29-37(36-16-11-10-12-17-36)28-40(30-42)54(7,8)9)35-57(49,58)41-18-15-19-43(33-41)59-44-23-24-46-45-20-13-14-21-47(45)56(48(46)34-44)51-32-39(26-27-55-51)53(4,5)6;/h10-32,35H,1-9H3;/q-1;/t57?,58-;/m0./s1. The first-order chi connectivity index (χ1) is 28.1. The van der Waals surface area contributed by atoms with Crippen molar-refractivity contribution >= 4 is 44.6 Å². The summed E-state index contributed by atoms with van der Waals surface area (Å²) < 4.78 is 10.1. The number of ether oxygens (including phenoxy) is 1. The van der Waals surface area contributed by atoms with E-state index < -0.39 is 0 Å². The van der Waals surface area contributed by atoms with Crippen LogP contribution in [0.2, 0.25) is 0 Å². The second-order valence-electron chi connectivity index (χ2n) is 19.4. The predicted molar refractivity (Wildman–Crippen MR) is 244 cm³/mol. The molecule has 6 heteroatoms. The van der Waals surface area contributed by atoms with Gasteiger partial charge in [0.05, 0.1) is 5.69 Å². The SMILES string of the molecule is CC(C)(C)c1cc(-c2ccccc2)cc([N@+]23[CH-][N+]2(c2[c-]c(Oc4[c-]c5c(cc4)c4ccccc4n5-c4cc(C(C)(C)C)ccn4)ccc2)c2ccc(C(C)(C)C)cc23)c1.[Pt]. The Hall–Kier alpha value is -5.32. The number of hydrogen-bond acceptors (Lipinski definition) is 2. The minimum Gasteiger partial charge on any atom is -0.509 e. The summed E-state index contributed by atoms with van der Waals surface area (Å²) in [7, 11) is 0. The normalized spacial score (nSPS) is 18.4. The first-order valence-electron chi connectivity index (χ1n) is 20.7. The average molecular weight is 967 g/mol. The third-order valence-corrected chi connectivity index (χ3v) is 12.4. The van der Waals surface area contributed by atoms with Crippen LogP contribution in [-0.2, 0) is 37.3 Å². The fraction of sp³-hybridized carbons (Fsp3) is 0.222. The fourth-order valence-corrected chi connectivity index (χ4v) is 8.97. The number of nitrogens with zero attached hydrogens (tertiary/aromatic N) is 4. The van der Waals surface area contributed by atoms with Gasteiger partial charge in [-0.15, -0.1) is 29.7 Å². The monoisotopic (exact) mass is 966 g/mol. The van der Waals surface area contributed by atoms with Crippen LogP contribution in [0.4, 0.5) is 22.7 Å². The molecule has 2 aliphatic rings. The minimum absolute atomic E-state index is 0. The van der Waals surface area contributed by atoms with E-state index in [2.05, 4.69) is 207 Å². The number of aromatic nitrogens is 2. The maximum Gasteiger partial charge on any atom is 0.225 e. The van der Waals surface area contributed by atoms with Gasteiger partial charge in [0.25, 0.3) is 0 Å². The van der Waals surface area contributed by atoms with Crippen LogP contribution in [0.1, 0.15) is 79.0 Å². The molecule has 0 N–H and O–H groups in total. The largest absolute Gasteiger partial charge is 0.509 e. The number of pyridine rings is 1. The van der Waals surface area contributed by atoms with E-state index in [1.54, 1.807) is 0 Å². The van der Waals surface area contributed by atoms with Crippen molar-refractivity contribution in [1.82, 2.24) is 18.7 Å². The van der Waals surface area contributed by atoms with Crippen LogP contribution in [0.25, 0.3) is 38.8 Å². The van der Waals surface area contributed by atoms with Crippen molar-refractivity contribution in [3.8, 4) is 28.4 Å². The third-order valence-electron chi connectivity index (χ3n) is 12.4. The first-order valence-corrected chi connectivity index (χ1v) is 20.7. The van der Waals surface area contributed by atoms with E-state index in [0.29, 0.717) is 20.7 Å². The van der Waals surface area contributed by atoms with E-state index in [9.17, 15) is 0 Å². The second-order valence-corrected chi connectivity index (χ2v) is 19.4. The molecule has 0 saturated carbocycles. The molecule has 0 radical (unpaired) electrons. The van der Waals surface area contributed by atoms with Gasteiger partial charge in [-0.25, -0.2) is 9.58 Å². The molecule has 10 rings (SSSR count). The molecular formula is C54H51N4OPt-. The molecular weight excluding hydrogens is 916 g/mol. The average Bonchev–Trinajstić information content (AvgIpc) is 3.71. The van der Waals surface area contributed by atoms with Gasteiger partial charge in [-0.05, 0) is 67.6 Å². The van der Waals surface area contributed by atoms with E-state index in [-0.39, 0.29) is 37.3 Å². The fourth-order valence-electron chi connectivity index (χ4n) is 8.97. The Morgan fingerprint density at radius 1 is 0.550 bits per heavy atom. The van der Waals surface area contributed by atoms with Gasteiger partial charge in [0.1, 0.15) is 5.82 Å². The topological polar surface area (TPSA) is 27.1 Å². The second kappa shape index (κ2) is 13.9. The Labute approximate surface area is 369 Å². The van der Waals surface area contributed by atoms with Crippen LogP contribution < -0.4 is 13.9 Å². The molecule has 304 valence electrons. The number of rotatable bonds is 6. The van der Waals surface area contributed by atoms with Gasteiger partial charge in [-0.1, -0.05) is 135 Å². The van der Waals surface area contributed by atoms with E-state index in [4.69, 9.17) is 9.72 Å². The molecule has 0 spiro atoms. The van der Waals surface area contributed by atoms with Gasteiger partial charge in [0.15, 0.2) is 12.4 Å². The number of hydrogen-bond donors (Lipinski definition) is 0. The van der Waals surface area contributed by atoms with E-state index in [1.807, 2.05) is 18.3 Å². The summed E-state index contributed by atoms with van der Waals surface area (Å²) in [6.07, 6.45) is 1.91. The van der Waals surface area contributed by atoms with Crippen molar-refractivity contribution in [2.75, 3.05) is 0 Å². The summed E-state index contributed by atoms with van der Waals surface area (Å²) in [4.78, 5) is 4.87. The zero-order chi connectivity index (χ0) is 41.1. The van der Waals surface area contributed by atoms with Crippen molar-refractivity contribution < 1.29 is 25.8 Å². The van der Waals surface area contributed by atoms with Gasteiger partial charge in [0, 0.05) is 68.5 Å². The van der Waals surface area contributed by atoms with E-state index in [0.717, 1.165) is 33.3 Å². The number of quaternary nitrogens is 2. The minimum atomic E-state index is -0.0425. The Morgan fingerprint density at radius 3 is 2.00 bits per heavy atom. The maximum atomic E-state index is 6.73. The van der Waals surface area contributed by atoms with Crippen LogP contribution in [0.15, 0.2) is 140 Å². The van der Waals surface area contributed by atoms with Crippen LogP contribution in [0, 0.1) is 18.8 Å². The maximum absolute atomic E-state index is 6.73. The van der Waals surface area contributed by atoms with Crippen molar-refractivity contribution in [1.29, 1.82) is 0 Å².